The van der Waals surface area contributed by atoms with E-state index >= 15 is 0 Å². The normalized spacial score (nSPS) is 9.92. The number of nitriles is 1. The fourth-order valence-electron chi connectivity index (χ4n) is 1.05. The number of benzene rings is 1. The zero-order valence-electron chi connectivity index (χ0n) is 7.06. The third kappa shape index (κ3) is 1.67. The smallest absolute Gasteiger partial charge is 0.101 e. The summed E-state index contributed by atoms with van der Waals surface area (Å²) in [7, 11) is 0. The van der Waals surface area contributed by atoms with E-state index in [0.717, 1.165) is 21.5 Å². The van der Waals surface area contributed by atoms with Crippen molar-refractivity contribution in [2.45, 2.75) is 13.8 Å². The van der Waals surface area contributed by atoms with Gasteiger partial charge in [-0.15, -0.1) is 0 Å². The van der Waals surface area contributed by atoms with Gasteiger partial charge in [0.2, 0.25) is 0 Å². The molecule has 12 heavy (non-hydrogen) atoms. The Labute approximate surface area is 81.2 Å². The van der Waals surface area contributed by atoms with Crippen LogP contribution in [0.15, 0.2) is 22.7 Å². The lowest BCUT2D eigenvalue weighted by Gasteiger charge is -2.07. The molecule has 0 bridgehead atoms. The highest BCUT2D eigenvalue weighted by atomic mass is 79.9. The predicted octanol–water partition coefficient (Wildman–Crippen LogP) is 3.28. The van der Waals surface area contributed by atoms with Crippen molar-refractivity contribution >= 4 is 15.9 Å². The van der Waals surface area contributed by atoms with Crippen LogP contribution in [-0.4, -0.2) is 0 Å². The average molecular weight is 223 g/mol. The third-order valence-corrected chi connectivity index (χ3v) is 2.32. The second-order valence-electron chi connectivity index (χ2n) is 2.77. The molecule has 1 nitrogen and oxygen atoms in total. The van der Waals surface area contributed by atoms with E-state index in [1.54, 1.807) is 0 Å². The van der Waals surface area contributed by atoms with E-state index in [0.29, 0.717) is 0 Å². The third-order valence-electron chi connectivity index (χ3n) is 1.66. The second kappa shape index (κ2) is 3.73. The summed E-state index contributed by atoms with van der Waals surface area (Å²) in [5.74, 6) is 1.16. The summed E-state index contributed by atoms with van der Waals surface area (Å²) in [6.45, 7) is 4.01. The topological polar surface area (TPSA) is 23.8 Å². The SMILES string of the molecule is C[C](C)c1cccc(Br)c1C#N. The van der Waals surface area contributed by atoms with Gasteiger partial charge in [0.15, 0.2) is 0 Å². The Kier molecular flexibility index (Phi) is 2.88. The molecule has 0 heterocycles. The second-order valence-corrected chi connectivity index (χ2v) is 3.63. The molecule has 0 aliphatic rings. The van der Waals surface area contributed by atoms with Crippen molar-refractivity contribution < 1.29 is 0 Å². The molecule has 0 N–H and O–H groups in total. The van der Waals surface area contributed by atoms with Crippen LogP contribution in [0, 0.1) is 17.2 Å². The monoisotopic (exact) mass is 222 g/mol. The van der Waals surface area contributed by atoms with Crippen molar-refractivity contribution in [3.05, 3.63) is 39.7 Å². The zero-order valence-corrected chi connectivity index (χ0v) is 8.64. The number of rotatable bonds is 1. The van der Waals surface area contributed by atoms with E-state index in [9.17, 15) is 0 Å². The Hall–Kier alpha value is -0.810. The fraction of sp³-hybridized carbons (Fsp3) is 0.200. The Balaban J connectivity index is 3.30. The van der Waals surface area contributed by atoms with Crippen LogP contribution in [0.2, 0.25) is 0 Å². The zero-order chi connectivity index (χ0) is 9.14. The van der Waals surface area contributed by atoms with Gasteiger partial charge < -0.3 is 0 Å². The standard InChI is InChI=1S/C10H9BrN/c1-7(2)8-4-3-5-10(11)9(8)6-12/h3-5H,1-2H3. The number of halogens is 1. The summed E-state index contributed by atoms with van der Waals surface area (Å²) in [5, 5.41) is 8.85. The van der Waals surface area contributed by atoms with Crippen LogP contribution in [0.5, 0.6) is 0 Å². The first kappa shape index (κ1) is 9.28. The van der Waals surface area contributed by atoms with E-state index < -0.39 is 0 Å². The number of hydrogen-bond donors (Lipinski definition) is 0. The molecule has 0 aliphatic heterocycles. The van der Waals surface area contributed by atoms with Crippen LogP contribution in [0.1, 0.15) is 25.0 Å². The highest BCUT2D eigenvalue weighted by Crippen LogP contribution is 2.24. The van der Waals surface area contributed by atoms with E-state index in [1.807, 2.05) is 32.0 Å². The maximum Gasteiger partial charge on any atom is 0.101 e. The minimum Gasteiger partial charge on any atom is -0.192 e. The molecule has 0 saturated carbocycles. The molecular formula is C10H9BrN. The van der Waals surface area contributed by atoms with Crippen molar-refractivity contribution in [2.24, 2.45) is 0 Å². The summed E-state index contributed by atoms with van der Waals surface area (Å²) in [6.07, 6.45) is 0. The van der Waals surface area contributed by atoms with E-state index in [4.69, 9.17) is 5.26 Å². The molecule has 0 saturated heterocycles. The lowest BCUT2D eigenvalue weighted by Crippen LogP contribution is -1.93. The number of hydrogen-bond acceptors (Lipinski definition) is 1. The van der Waals surface area contributed by atoms with Crippen LogP contribution in [0.3, 0.4) is 0 Å². The molecule has 0 amide bonds. The quantitative estimate of drug-likeness (QED) is 0.716. The van der Waals surface area contributed by atoms with Gasteiger partial charge in [0.1, 0.15) is 6.07 Å². The van der Waals surface area contributed by atoms with Gasteiger partial charge in [0, 0.05) is 10.4 Å². The van der Waals surface area contributed by atoms with E-state index in [2.05, 4.69) is 22.0 Å². The molecule has 0 aliphatic carbocycles. The van der Waals surface area contributed by atoms with Gasteiger partial charge in [-0.25, -0.2) is 0 Å². The van der Waals surface area contributed by atoms with Crippen molar-refractivity contribution in [1.29, 1.82) is 5.26 Å². The van der Waals surface area contributed by atoms with Crippen LogP contribution in [-0.2, 0) is 0 Å². The summed E-state index contributed by atoms with van der Waals surface area (Å²) in [5.41, 5.74) is 1.74. The Morgan fingerprint density at radius 3 is 2.50 bits per heavy atom. The van der Waals surface area contributed by atoms with Crippen molar-refractivity contribution in [1.82, 2.24) is 0 Å². The first-order chi connectivity index (χ1) is 5.66. The molecule has 0 fully saturated rings. The molecule has 2 heteroatoms. The Morgan fingerprint density at radius 1 is 1.42 bits per heavy atom. The Morgan fingerprint density at radius 2 is 2.08 bits per heavy atom. The van der Waals surface area contributed by atoms with Crippen LogP contribution in [0.4, 0.5) is 0 Å². The molecular weight excluding hydrogens is 214 g/mol. The largest absolute Gasteiger partial charge is 0.192 e. The van der Waals surface area contributed by atoms with Gasteiger partial charge in [-0.2, -0.15) is 5.26 Å². The van der Waals surface area contributed by atoms with Gasteiger partial charge in [-0.3, -0.25) is 0 Å². The molecule has 0 spiro atoms. The Bertz CT molecular complexity index is 323. The van der Waals surface area contributed by atoms with Crippen molar-refractivity contribution in [3.8, 4) is 6.07 Å². The lowest BCUT2D eigenvalue weighted by atomic mass is 9.98. The minimum atomic E-state index is 0.720. The molecule has 1 radical (unpaired) electrons. The van der Waals surface area contributed by atoms with Crippen LogP contribution in [0.25, 0.3) is 0 Å². The van der Waals surface area contributed by atoms with Gasteiger partial charge in [-0.1, -0.05) is 26.0 Å². The van der Waals surface area contributed by atoms with Crippen LogP contribution >= 0.6 is 15.9 Å². The van der Waals surface area contributed by atoms with Gasteiger partial charge in [0.25, 0.3) is 0 Å². The van der Waals surface area contributed by atoms with Gasteiger partial charge >= 0.3 is 0 Å². The highest BCUT2D eigenvalue weighted by molar-refractivity contribution is 9.10. The maximum absolute atomic E-state index is 8.85. The van der Waals surface area contributed by atoms with E-state index in [-0.39, 0.29) is 0 Å². The van der Waals surface area contributed by atoms with E-state index in [1.165, 1.54) is 0 Å². The molecule has 1 rings (SSSR count). The fourth-order valence-corrected chi connectivity index (χ4v) is 1.51. The lowest BCUT2D eigenvalue weighted by molar-refractivity contribution is 1.13. The number of nitrogens with zero attached hydrogens (tertiary/aromatic N) is 1. The summed E-state index contributed by atoms with van der Waals surface area (Å²) in [6, 6.07) is 7.95. The highest BCUT2D eigenvalue weighted by Gasteiger charge is 2.08. The van der Waals surface area contributed by atoms with Crippen molar-refractivity contribution in [2.75, 3.05) is 0 Å². The molecule has 0 unspecified atom stereocenters. The summed E-state index contributed by atoms with van der Waals surface area (Å²) < 4.78 is 0.865. The molecule has 0 aromatic heterocycles. The molecule has 0 atom stereocenters. The average Bonchev–Trinajstić information content (AvgIpc) is 2.03. The molecule has 1 aromatic rings. The molecule has 1 aromatic carbocycles. The van der Waals surface area contributed by atoms with Crippen molar-refractivity contribution in [3.63, 3.8) is 0 Å². The first-order valence-electron chi connectivity index (χ1n) is 3.66. The van der Waals surface area contributed by atoms with Gasteiger partial charge in [-0.05, 0) is 27.6 Å². The minimum absolute atomic E-state index is 0.720. The van der Waals surface area contributed by atoms with Crippen LogP contribution < -0.4 is 0 Å². The summed E-state index contributed by atoms with van der Waals surface area (Å²) in [4.78, 5) is 0. The first-order valence-corrected chi connectivity index (χ1v) is 4.45. The van der Waals surface area contributed by atoms with Gasteiger partial charge in [0.05, 0.1) is 5.56 Å². The summed E-state index contributed by atoms with van der Waals surface area (Å²) >= 11 is 3.34. The molecule has 61 valence electrons. The maximum atomic E-state index is 8.85. The predicted molar refractivity (Wildman–Crippen MR) is 52.6 cm³/mol.